The maximum Gasteiger partial charge on any atom is 0.240 e. The van der Waals surface area contributed by atoms with Crippen molar-refractivity contribution >= 4 is 49.7 Å². The monoisotopic (exact) mass is 732 g/mol. The van der Waals surface area contributed by atoms with Gasteiger partial charge in [-0.2, -0.15) is 0 Å². The highest BCUT2D eigenvalue weighted by atomic mass is 32.2. The van der Waals surface area contributed by atoms with Crippen LogP contribution < -0.4 is 9.46 Å². The van der Waals surface area contributed by atoms with Crippen LogP contribution in [-0.2, 0) is 36.2 Å². The van der Waals surface area contributed by atoms with Gasteiger partial charge in [0, 0.05) is 47.6 Å². The predicted molar refractivity (Wildman–Crippen MR) is 197 cm³/mol. The number of amides is 2. The number of hydrogen-bond acceptors (Lipinski definition) is 9. The number of pyridine rings is 1. The van der Waals surface area contributed by atoms with Gasteiger partial charge in [-0.3, -0.25) is 19.1 Å². The molecule has 1 saturated heterocycles. The van der Waals surface area contributed by atoms with Gasteiger partial charge in [-0.15, -0.1) is 11.3 Å². The Morgan fingerprint density at radius 3 is 2.67 bits per heavy atom. The minimum Gasteiger partial charge on any atom is -0.472 e. The molecule has 0 spiro atoms. The first-order valence-corrected chi connectivity index (χ1v) is 20.8. The number of carbonyl (C=O) groups is 3. The number of benzene rings is 1. The number of fused-ring (bicyclic) bond motifs is 3. The lowest BCUT2D eigenvalue weighted by molar-refractivity contribution is -0.142. The second-order valence-corrected chi connectivity index (χ2v) is 18.9. The number of carbonyl (C=O) groups excluding carboxylic acids is 3. The summed E-state index contributed by atoms with van der Waals surface area (Å²) in [6, 6.07) is 8.89. The standard InChI is InChI=1S/C39H48N4O6S2/c1-38(2,3)33-24-50-34(41-33)19-26-12-7-5-4-6-8-13-27-21-39(27,37(46)42-51(47,48)29-15-16-29)22-32(44)31-20-28(23-43(31)36(26)45)49-35-30-14-10-9-11-25(30)17-18-40-35/h8-11,13-14,17-18,24,26-29,31H,4-7,12,15-16,19-23H2,1-3H3,(H,42,46)/b13-8-/t26-,27+,28-,31+,39-/m1/s1. The van der Waals surface area contributed by atoms with Gasteiger partial charge in [-0.05, 0) is 62.0 Å². The Balaban J connectivity index is 1.19. The predicted octanol–water partition coefficient (Wildman–Crippen LogP) is 6.29. The fourth-order valence-electron chi connectivity index (χ4n) is 7.62. The Hall–Kier alpha value is -3.64. The lowest BCUT2D eigenvalue weighted by Crippen LogP contribution is -2.46. The van der Waals surface area contributed by atoms with Crippen LogP contribution in [0.3, 0.4) is 0 Å². The van der Waals surface area contributed by atoms with Crippen molar-refractivity contribution in [2.24, 2.45) is 17.3 Å². The molecule has 3 fully saturated rings. The molecule has 2 aromatic heterocycles. The second kappa shape index (κ2) is 14.1. The third-order valence-electron chi connectivity index (χ3n) is 11.0. The molecule has 7 rings (SSSR count). The molecule has 2 aliphatic carbocycles. The van der Waals surface area contributed by atoms with E-state index in [0.717, 1.165) is 47.2 Å². The van der Waals surface area contributed by atoms with Gasteiger partial charge < -0.3 is 9.64 Å². The number of sulfonamides is 1. The van der Waals surface area contributed by atoms with E-state index >= 15 is 0 Å². The fourth-order valence-corrected chi connectivity index (χ4v) is 10.1. The minimum atomic E-state index is -3.79. The van der Waals surface area contributed by atoms with Crippen molar-refractivity contribution in [3.05, 3.63) is 64.8 Å². The first-order valence-electron chi connectivity index (χ1n) is 18.4. The molecular formula is C39H48N4O6S2. The molecule has 0 radical (unpaired) electrons. The molecule has 3 aromatic rings. The number of aromatic nitrogens is 2. The zero-order valence-electron chi connectivity index (χ0n) is 29.7. The lowest BCUT2D eigenvalue weighted by Gasteiger charge is -2.29. The molecule has 2 amide bonds. The van der Waals surface area contributed by atoms with Gasteiger partial charge in [0.05, 0.1) is 34.0 Å². The van der Waals surface area contributed by atoms with Crippen molar-refractivity contribution < 1.29 is 27.5 Å². The van der Waals surface area contributed by atoms with E-state index in [2.05, 4.69) is 41.9 Å². The van der Waals surface area contributed by atoms with E-state index < -0.39 is 38.7 Å². The zero-order valence-corrected chi connectivity index (χ0v) is 31.3. The third kappa shape index (κ3) is 7.77. The van der Waals surface area contributed by atoms with Crippen molar-refractivity contribution in [2.45, 2.75) is 114 Å². The van der Waals surface area contributed by atoms with Gasteiger partial charge in [0.1, 0.15) is 6.10 Å². The minimum absolute atomic E-state index is 0.104. The molecule has 1 aromatic carbocycles. The Morgan fingerprint density at radius 1 is 1.10 bits per heavy atom. The molecule has 5 atom stereocenters. The molecule has 2 aliphatic heterocycles. The highest BCUT2D eigenvalue weighted by molar-refractivity contribution is 7.90. The maximum absolute atomic E-state index is 14.7. The van der Waals surface area contributed by atoms with E-state index in [1.54, 1.807) is 22.4 Å². The number of ketones is 1. The largest absolute Gasteiger partial charge is 0.472 e. The fraction of sp³-hybridized carbons (Fsp3) is 0.564. The van der Waals surface area contributed by atoms with Crippen LogP contribution in [-0.4, -0.2) is 64.8 Å². The molecule has 51 heavy (non-hydrogen) atoms. The molecule has 272 valence electrons. The highest BCUT2D eigenvalue weighted by Gasteiger charge is 2.61. The highest BCUT2D eigenvalue weighted by Crippen LogP contribution is 2.57. The summed E-state index contributed by atoms with van der Waals surface area (Å²) in [5.74, 6) is -1.12. The molecular weight excluding hydrogens is 685 g/mol. The number of allylic oxidation sites excluding steroid dienone is 2. The molecule has 0 bridgehead atoms. The summed E-state index contributed by atoms with van der Waals surface area (Å²) >= 11 is 1.57. The van der Waals surface area contributed by atoms with Crippen LogP contribution in [0.25, 0.3) is 10.8 Å². The van der Waals surface area contributed by atoms with E-state index in [1.807, 2.05) is 36.4 Å². The number of rotatable bonds is 7. The Kier molecular flexibility index (Phi) is 9.86. The van der Waals surface area contributed by atoms with E-state index in [-0.39, 0.29) is 48.3 Å². The molecule has 10 nitrogen and oxygen atoms in total. The number of Topliss-reactive ketones (excluding diaryl/α,β-unsaturated/α-hetero) is 1. The van der Waals surface area contributed by atoms with Gasteiger partial charge >= 0.3 is 0 Å². The molecule has 4 heterocycles. The average molecular weight is 733 g/mol. The van der Waals surface area contributed by atoms with Crippen LogP contribution in [0.1, 0.15) is 95.7 Å². The molecule has 0 unspecified atom stereocenters. The van der Waals surface area contributed by atoms with Crippen molar-refractivity contribution in [3.8, 4) is 5.88 Å². The van der Waals surface area contributed by atoms with E-state index in [9.17, 15) is 22.8 Å². The average Bonchev–Trinajstić information content (AvgIpc) is 3.97. The third-order valence-corrected chi connectivity index (χ3v) is 13.7. The zero-order chi connectivity index (χ0) is 36.0. The van der Waals surface area contributed by atoms with Gasteiger partial charge in [-0.1, -0.05) is 64.0 Å². The van der Waals surface area contributed by atoms with E-state index in [0.29, 0.717) is 38.0 Å². The normalized spacial score (nSPS) is 28.3. The Morgan fingerprint density at radius 2 is 1.90 bits per heavy atom. The smallest absolute Gasteiger partial charge is 0.240 e. The van der Waals surface area contributed by atoms with Crippen LogP contribution in [0.15, 0.2) is 54.1 Å². The Labute approximate surface area is 304 Å². The van der Waals surface area contributed by atoms with Crippen molar-refractivity contribution in [1.82, 2.24) is 19.6 Å². The van der Waals surface area contributed by atoms with E-state index in [1.165, 1.54) is 0 Å². The quantitative estimate of drug-likeness (QED) is 0.280. The first-order chi connectivity index (χ1) is 24.3. The summed E-state index contributed by atoms with van der Waals surface area (Å²) in [4.78, 5) is 54.1. The van der Waals surface area contributed by atoms with Crippen LogP contribution in [0.2, 0.25) is 0 Å². The SMILES string of the molecule is CC(C)(C)c1csc(C[C@H]2CCCCC/C=C\[C@H]3C[C@@]3(C(=O)NS(=O)(=O)C3CC3)CC(=O)[C@@H]3C[C@@H](Oc4nccc5ccccc45)CN3C2=O)n1. The summed E-state index contributed by atoms with van der Waals surface area (Å²) < 4.78 is 34.5. The molecule has 2 saturated carbocycles. The van der Waals surface area contributed by atoms with Crippen LogP contribution in [0, 0.1) is 17.3 Å². The number of nitrogens with one attached hydrogen (secondary N) is 1. The second-order valence-electron chi connectivity index (χ2n) is 15.9. The van der Waals surface area contributed by atoms with Crippen LogP contribution in [0.4, 0.5) is 0 Å². The lowest BCUT2D eigenvalue weighted by atomic mass is 9.90. The summed E-state index contributed by atoms with van der Waals surface area (Å²) in [7, 11) is -3.79. The summed E-state index contributed by atoms with van der Waals surface area (Å²) in [6.45, 7) is 6.58. The van der Waals surface area contributed by atoms with E-state index in [4.69, 9.17) is 9.72 Å². The van der Waals surface area contributed by atoms with Gasteiger partial charge in [0.25, 0.3) is 0 Å². The van der Waals surface area contributed by atoms with Gasteiger partial charge in [-0.25, -0.2) is 18.4 Å². The maximum atomic E-state index is 14.7. The van der Waals surface area contributed by atoms with Gasteiger partial charge in [0.2, 0.25) is 27.7 Å². The van der Waals surface area contributed by atoms with Crippen molar-refractivity contribution in [2.75, 3.05) is 6.54 Å². The Bertz CT molecular complexity index is 1940. The van der Waals surface area contributed by atoms with Crippen molar-refractivity contribution in [1.29, 1.82) is 0 Å². The summed E-state index contributed by atoms with van der Waals surface area (Å²) in [6.07, 6.45) is 11.5. The number of hydrogen-bond donors (Lipinski definition) is 1. The summed E-state index contributed by atoms with van der Waals surface area (Å²) in [5, 5.41) is 4.24. The molecule has 4 aliphatic rings. The number of ether oxygens (including phenoxy) is 1. The van der Waals surface area contributed by atoms with Gasteiger partial charge in [0.15, 0.2) is 5.78 Å². The van der Waals surface area contributed by atoms with Crippen molar-refractivity contribution in [3.63, 3.8) is 0 Å². The number of thiazole rings is 1. The summed E-state index contributed by atoms with van der Waals surface area (Å²) in [5.41, 5.74) is -0.276. The molecule has 12 heteroatoms. The first kappa shape index (κ1) is 35.7. The number of nitrogens with zero attached hydrogens (tertiary/aromatic N) is 3. The van der Waals surface area contributed by atoms with Crippen LogP contribution in [0.5, 0.6) is 5.88 Å². The topological polar surface area (TPSA) is 136 Å². The molecule has 1 N–H and O–H groups in total. The van der Waals surface area contributed by atoms with Crippen LogP contribution >= 0.6 is 11.3 Å².